The number of aromatic nitrogens is 5. The molecule has 2 aliphatic rings. The van der Waals surface area contributed by atoms with Crippen molar-refractivity contribution < 1.29 is 9.53 Å². The Balaban J connectivity index is 1.41. The van der Waals surface area contributed by atoms with Crippen molar-refractivity contribution in [3.63, 3.8) is 0 Å². The van der Waals surface area contributed by atoms with E-state index in [0.29, 0.717) is 13.2 Å². The van der Waals surface area contributed by atoms with Gasteiger partial charge in [-0.05, 0) is 31.9 Å². The molecule has 0 N–H and O–H groups in total. The highest BCUT2D eigenvalue weighted by molar-refractivity contribution is 5.88. The van der Waals surface area contributed by atoms with E-state index in [1.165, 1.54) is 5.56 Å². The van der Waals surface area contributed by atoms with Gasteiger partial charge in [-0.15, -0.1) is 0 Å². The maximum absolute atomic E-state index is 11.8. The van der Waals surface area contributed by atoms with Crippen molar-refractivity contribution in [2.24, 2.45) is 0 Å². The summed E-state index contributed by atoms with van der Waals surface area (Å²) in [6, 6.07) is 12.8. The lowest BCUT2D eigenvalue weighted by molar-refractivity contribution is -0.130. The second kappa shape index (κ2) is 9.39. The molecule has 1 aromatic carbocycles. The zero-order valence-electron chi connectivity index (χ0n) is 20.8. The van der Waals surface area contributed by atoms with E-state index in [1.54, 1.807) is 6.92 Å². The van der Waals surface area contributed by atoms with E-state index >= 15 is 0 Å². The summed E-state index contributed by atoms with van der Waals surface area (Å²) in [4.78, 5) is 26.0. The number of hydrogen-bond donors (Lipinski definition) is 0. The molecule has 0 atom stereocenters. The number of fused-ring (bicyclic) bond motifs is 1. The molecule has 1 amide bonds. The van der Waals surface area contributed by atoms with Crippen molar-refractivity contribution in [3.8, 4) is 17.1 Å². The summed E-state index contributed by atoms with van der Waals surface area (Å²) >= 11 is 0. The lowest BCUT2D eigenvalue weighted by atomic mass is 10.0. The van der Waals surface area contributed by atoms with Crippen molar-refractivity contribution >= 4 is 22.8 Å². The van der Waals surface area contributed by atoms with E-state index in [2.05, 4.69) is 46.7 Å². The number of benzene rings is 1. The van der Waals surface area contributed by atoms with Crippen LogP contribution in [0.3, 0.4) is 0 Å². The van der Waals surface area contributed by atoms with Crippen LogP contribution in [0, 0.1) is 6.92 Å². The van der Waals surface area contributed by atoms with E-state index < -0.39 is 0 Å². The van der Waals surface area contributed by atoms with E-state index in [4.69, 9.17) is 19.8 Å². The molecule has 0 spiro atoms. The van der Waals surface area contributed by atoms with E-state index in [9.17, 15) is 4.79 Å². The van der Waals surface area contributed by atoms with Crippen LogP contribution in [0.1, 0.15) is 31.4 Å². The predicted octanol–water partition coefficient (Wildman–Crippen LogP) is 3.61. The minimum Gasteiger partial charge on any atom is -0.378 e. The molecule has 0 unspecified atom stereocenters. The minimum absolute atomic E-state index is 0.141. The third-order valence-corrected chi connectivity index (χ3v) is 7.29. The van der Waals surface area contributed by atoms with Gasteiger partial charge < -0.3 is 19.1 Å². The quantitative estimate of drug-likeness (QED) is 0.439. The smallest absolute Gasteiger partial charge is 0.219 e. The lowest BCUT2D eigenvalue weighted by Gasteiger charge is -2.32. The van der Waals surface area contributed by atoms with Crippen LogP contribution in [0.2, 0.25) is 0 Å². The number of pyridine rings is 1. The molecule has 9 heteroatoms. The number of amides is 1. The summed E-state index contributed by atoms with van der Waals surface area (Å²) in [5.74, 6) is 0.910. The molecule has 2 saturated heterocycles. The average Bonchev–Trinajstić information content (AvgIpc) is 3.57. The van der Waals surface area contributed by atoms with E-state index in [0.717, 1.165) is 72.9 Å². The molecular weight excluding hydrogens is 454 g/mol. The first-order valence-electron chi connectivity index (χ1n) is 12.7. The second-order valence-electron chi connectivity index (χ2n) is 9.68. The highest BCUT2D eigenvalue weighted by Crippen LogP contribution is 2.32. The largest absolute Gasteiger partial charge is 0.378 e. The summed E-state index contributed by atoms with van der Waals surface area (Å²) in [5.41, 5.74) is 6.04. The number of morpholine rings is 1. The fourth-order valence-electron chi connectivity index (χ4n) is 5.28. The van der Waals surface area contributed by atoms with Crippen molar-refractivity contribution in [1.82, 2.24) is 29.2 Å². The standard InChI is InChI=1S/C27H31N7O2/c1-19-4-3-5-21(16-19)23-8-11-34(30-23)25-17-24(32-12-14-36-15-13-32)26-27(29-25)33(18-28-26)22-6-9-31(10-7-22)20(2)35/h3-5,8,11,16-18,22H,6-7,9-10,12-15H2,1-2H3. The van der Waals surface area contributed by atoms with Crippen LogP contribution >= 0.6 is 0 Å². The summed E-state index contributed by atoms with van der Waals surface area (Å²) in [5, 5.41) is 4.88. The lowest BCUT2D eigenvalue weighted by Crippen LogP contribution is -2.37. The van der Waals surface area contributed by atoms with Gasteiger partial charge in [-0.25, -0.2) is 14.6 Å². The van der Waals surface area contributed by atoms with Crippen molar-refractivity contribution in [3.05, 3.63) is 54.5 Å². The van der Waals surface area contributed by atoms with Gasteiger partial charge in [0.05, 0.1) is 30.9 Å². The SMILES string of the molecule is CC(=O)N1CCC(n2cnc3c(N4CCOCC4)cc(-n4ccc(-c5cccc(C)c5)n4)nc32)CC1. The molecule has 0 aliphatic carbocycles. The summed E-state index contributed by atoms with van der Waals surface area (Å²) < 4.78 is 9.66. The van der Waals surface area contributed by atoms with Gasteiger partial charge in [0.1, 0.15) is 5.52 Å². The molecule has 3 aromatic heterocycles. The van der Waals surface area contributed by atoms with E-state index in [1.807, 2.05) is 28.2 Å². The molecule has 0 bridgehead atoms. The molecule has 5 heterocycles. The number of piperidine rings is 1. The molecular formula is C27H31N7O2. The molecule has 2 fully saturated rings. The summed E-state index contributed by atoms with van der Waals surface area (Å²) in [6.45, 7) is 8.28. The Labute approximate surface area is 210 Å². The number of ether oxygens (including phenoxy) is 1. The first-order chi connectivity index (χ1) is 17.6. The Kier molecular flexibility index (Phi) is 5.92. The van der Waals surface area contributed by atoms with Crippen molar-refractivity contribution in [1.29, 1.82) is 0 Å². The molecule has 9 nitrogen and oxygen atoms in total. The zero-order valence-corrected chi connectivity index (χ0v) is 20.8. The summed E-state index contributed by atoms with van der Waals surface area (Å²) in [6.07, 6.45) is 5.67. The molecule has 36 heavy (non-hydrogen) atoms. The number of aryl methyl sites for hydroxylation is 1. The van der Waals surface area contributed by atoms with Crippen LogP contribution in [0.4, 0.5) is 5.69 Å². The van der Waals surface area contributed by atoms with Gasteiger partial charge >= 0.3 is 0 Å². The van der Waals surface area contributed by atoms with Crippen LogP contribution in [0.15, 0.2) is 48.9 Å². The maximum atomic E-state index is 11.8. The number of likely N-dealkylation sites (tertiary alicyclic amines) is 1. The topological polar surface area (TPSA) is 81.3 Å². The monoisotopic (exact) mass is 485 g/mol. The number of anilines is 1. The van der Waals surface area contributed by atoms with Crippen LogP contribution in [-0.4, -0.2) is 74.5 Å². The number of nitrogens with zero attached hydrogens (tertiary/aromatic N) is 7. The Bertz CT molecular complexity index is 1390. The Morgan fingerprint density at radius 3 is 2.61 bits per heavy atom. The number of imidazole rings is 1. The third-order valence-electron chi connectivity index (χ3n) is 7.29. The first kappa shape index (κ1) is 22.7. The van der Waals surface area contributed by atoms with Gasteiger partial charge in [0.15, 0.2) is 11.5 Å². The Morgan fingerprint density at radius 2 is 1.86 bits per heavy atom. The number of hydrogen-bond acceptors (Lipinski definition) is 6. The molecule has 6 rings (SSSR count). The highest BCUT2D eigenvalue weighted by atomic mass is 16.5. The second-order valence-corrected chi connectivity index (χ2v) is 9.68. The van der Waals surface area contributed by atoms with Gasteiger partial charge in [0.25, 0.3) is 0 Å². The fraction of sp³-hybridized carbons (Fsp3) is 0.407. The van der Waals surface area contributed by atoms with Crippen molar-refractivity contribution in [2.75, 3.05) is 44.3 Å². The predicted molar refractivity (Wildman–Crippen MR) is 138 cm³/mol. The van der Waals surface area contributed by atoms with Gasteiger partial charge in [0, 0.05) is 57.0 Å². The summed E-state index contributed by atoms with van der Waals surface area (Å²) in [7, 11) is 0. The minimum atomic E-state index is 0.141. The normalized spacial score (nSPS) is 17.2. The number of rotatable bonds is 4. The van der Waals surface area contributed by atoms with Crippen LogP contribution in [0.5, 0.6) is 0 Å². The first-order valence-corrected chi connectivity index (χ1v) is 12.7. The number of carbonyl (C=O) groups excluding carboxylic acids is 1. The molecule has 0 saturated carbocycles. The molecule has 0 radical (unpaired) electrons. The molecule has 4 aromatic rings. The van der Waals surface area contributed by atoms with Crippen molar-refractivity contribution in [2.45, 2.75) is 32.7 Å². The highest BCUT2D eigenvalue weighted by Gasteiger charge is 2.26. The van der Waals surface area contributed by atoms with Crippen LogP contribution < -0.4 is 4.90 Å². The van der Waals surface area contributed by atoms with Crippen LogP contribution in [-0.2, 0) is 9.53 Å². The van der Waals surface area contributed by atoms with E-state index in [-0.39, 0.29) is 11.9 Å². The number of carbonyl (C=O) groups is 1. The zero-order chi connectivity index (χ0) is 24.6. The molecule has 186 valence electrons. The average molecular weight is 486 g/mol. The van der Waals surface area contributed by atoms with Gasteiger partial charge in [-0.2, -0.15) is 5.10 Å². The molecule has 2 aliphatic heterocycles. The van der Waals surface area contributed by atoms with Crippen LogP contribution in [0.25, 0.3) is 28.2 Å². The van der Waals surface area contributed by atoms with Gasteiger partial charge in [0.2, 0.25) is 5.91 Å². The van der Waals surface area contributed by atoms with Gasteiger partial charge in [-0.3, -0.25) is 4.79 Å². The fourth-order valence-corrected chi connectivity index (χ4v) is 5.28. The Hall–Kier alpha value is -3.72. The Morgan fingerprint density at radius 1 is 1.06 bits per heavy atom. The maximum Gasteiger partial charge on any atom is 0.219 e. The third kappa shape index (κ3) is 4.24. The van der Waals surface area contributed by atoms with Gasteiger partial charge in [-0.1, -0.05) is 23.8 Å².